The molecule has 0 spiro atoms. The Labute approximate surface area is 139 Å². The fraction of sp³-hybridized carbons (Fsp3) is 0. The van der Waals surface area contributed by atoms with Gasteiger partial charge in [0.25, 0.3) is 11.6 Å². The first-order valence-corrected chi connectivity index (χ1v) is 7.18. The van der Waals surface area contributed by atoms with Crippen molar-refractivity contribution in [3.8, 4) is 0 Å². The zero-order valence-electron chi connectivity index (χ0n) is 11.0. The minimum atomic E-state index is -0.510. The summed E-state index contributed by atoms with van der Waals surface area (Å²) in [4.78, 5) is 22.2. The summed E-state index contributed by atoms with van der Waals surface area (Å²) in [7, 11) is 0. The Balaban J connectivity index is 2.10. The standard InChI is InChI=1S/C14H9BrClN3O3/c15-11-6-5-9(7-13(11)19(21)22)8-17-18-14(20)10-3-1-2-4-12(10)16/h1-8H,(H,18,20)/b17-8-. The molecule has 0 bridgehead atoms. The number of rotatable bonds is 4. The maximum Gasteiger partial charge on any atom is 0.284 e. The molecule has 22 heavy (non-hydrogen) atoms. The number of nitro groups is 1. The van der Waals surface area contributed by atoms with E-state index >= 15 is 0 Å². The minimum absolute atomic E-state index is 0.0821. The molecule has 0 aromatic heterocycles. The lowest BCUT2D eigenvalue weighted by molar-refractivity contribution is -0.385. The normalized spacial score (nSPS) is 10.6. The molecule has 0 aliphatic carbocycles. The Morgan fingerprint density at radius 3 is 2.73 bits per heavy atom. The van der Waals surface area contributed by atoms with Crippen LogP contribution in [0, 0.1) is 10.1 Å². The van der Waals surface area contributed by atoms with Crippen molar-refractivity contribution in [1.29, 1.82) is 0 Å². The number of nitrogens with zero attached hydrogens (tertiary/aromatic N) is 2. The van der Waals surface area contributed by atoms with E-state index in [4.69, 9.17) is 11.6 Å². The highest BCUT2D eigenvalue weighted by Crippen LogP contribution is 2.24. The van der Waals surface area contributed by atoms with Gasteiger partial charge in [-0.1, -0.05) is 29.8 Å². The molecule has 8 heteroatoms. The van der Waals surface area contributed by atoms with Crippen molar-refractivity contribution in [2.24, 2.45) is 5.10 Å². The Hall–Kier alpha value is -2.25. The number of hydrogen-bond acceptors (Lipinski definition) is 4. The molecule has 0 saturated heterocycles. The van der Waals surface area contributed by atoms with Crippen LogP contribution in [0.15, 0.2) is 52.0 Å². The molecule has 0 aliphatic rings. The summed E-state index contributed by atoms with van der Waals surface area (Å²) in [5, 5.41) is 14.9. The maximum atomic E-state index is 11.9. The van der Waals surface area contributed by atoms with Crippen LogP contribution in [0.5, 0.6) is 0 Å². The molecule has 0 unspecified atom stereocenters. The number of nitro benzene ring substituents is 1. The molecule has 1 N–H and O–H groups in total. The summed E-state index contributed by atoms with van der Waals surface area (Å²) < 4.78 is 0.370. The van der Waals surface area contributed by atoms with Crippen LogP contribution in [-0.2, 0) is 0 Å². The molecule has 112 valence electrons. The van der Waals surface area contributed by atoms with Crippen molar-refractivity contribution >= 4 is 45.3 Å². The zero-order valence-corrected chi connectivity index (χ0v) is 13.3. The third-order valence-corrected chi connectivity index (χ3v) is 3.67. The van der Waals surface area contributed by atoms with Crippen molar-refractivity contribution in [3.63, 3.8) is 0 Å². The third-order valence-electron chi connectivity index (χ3n) is 2.67. The van der Waals surface area contributed by atoms with E-state index in [9.17, 15) is 14.9 Å². The largest absolute Gasteiger partial charge is 0.284 e. The minimum Gasteiger partial charge on any atom is -0.267 e. The Morgan fingerprint density at radius 1 is 1.32 bits per heavy atom. The van der Waals surface area contributed by atoms with Gasteiger partial charge in [0, 0.05) is 11.6 Å². The van der Waals surface area contributed by atoms with E-state index in [0.29, 0.717) is 20.6 Å². The molecule has 0 heterocycles. The van der Waals surface area contributed by atoms with Gasteiger partial charge in [-0.25, -0.2) is 5.43 Å². The van der Waals surface area contributed by atoms with Crippen LogP contribution in [0.4, 0.5) is 5.69 Å². The molecule has 2 rings (SSSR count). The summed E-state index contributed by atoms with van der Waals surface area (Å²) in [6, 6.07) is 11.1. The fourth-order valence-corrected chi connectivity index (χ4v) is 2.23. The molecule has 2 aromatic rings. The maximum absolute atomic E-state index is 11.9. The number of hydrogen-bond donors (Lipinski definition) is 1. The first-order valence-electron chi connectivity index (χ1n) is 6.01. The fourth-order valence-electron chi connectivity index (χ4n) is 1.62. The van der Waals surface area contributed by atoms with Crippen LogP contribution in [0.1, 0.15) is 15.9 Å². The SMILES string of the molecule is O=C(N/N=C\c1ccc(Br)c([N+](=O)[O-])c1)c1ccccc1Cl. The Kier molecular flexibility index (Phi) is 5.24. The first-order chi connectivity index (χ1) is 10.5. The van der Waals surface area contributed by atoms with Crippen molar-refractivity contribution in [1.82, 2.24) is 5.43 Å². The second kappa shape index (κ2) is 7.15. The van der Waals surface area contributed by atoms with Gasteiger partial charge in [-0.05, 0) is 34.1 Å². The third kappa shape index (κ3) is 3.90. The topological polar surface area (TPSA) is 84.6 Å². The number of carbonyl (C=O) groups is 1. The summed E-state index contributed by atoms with van der Waals surface area (Å²) >= 11 is 8.99. The van der Waals surface area contributed by atoms with Gasteiger partial charge in [-0.2, -0.15) is 5.10 Å². The predicted molar refractivity (Wildman–Crippen MR) is 87.3 cm³/mol. The van der Waals surface area contributed by atoms with Crippen LogP contribution in [0.2, 0.25) is 5.02 Å². The summed E-state index contributed by atoms with van der Waals surface area (Å²) in [5.74, 6) is -0.464. The van der Waals surface area contributed by atoms with Gasteiger partial charge in [-0.3, -0.25) is 14.9 Å². The van der Waals surface area contributed by atoms with E-state index < -0.39 is 10.8 Å². The van der Waals surface area contributed by atoms with Crippen molar-refractivity contribution in [2.75, 3.05) is 0 Å². The molecule has 0 aliphatic heterocycles. The number of amides is 1. The zero-order chi connectivity index (χ0) is 16.1. The second-order valence-electron chi connectivity index (χ2n) is 4.15. The van der Waals surface area contributed by atoms with Crippen LogP contribution in [-0.4, -0.2) is 17.0 Å². The average molecular weight is 383 g/mol. The number of nitrogens with one attached hydrogen (secondary N) is 1. The van der Waals surface area contributed by atoms with E-state index in [-0.39, 0.29) is 5.69 Å². The summed E-state index contributed by atoms with van der Waals surface area (Å²) in [6.45, 7) is 0. The van der Waals surface area contributed by atoms with Crippen LogP contribution >= 0.6 is 27.5 Å². The Bertz CT molecular complexity index is 765. The smallest absolute Gasteiger partial charge is 0.267 e. The molecular formula is C14H9BrClN3O3. The molecular weight excluding hydrogens is 374 g/mol. The van der Waals surface area contributed by atoms with Gasteiger partial charge in [0.1, 0.15) is 0 Å². The number of hydrazone groups is 1. The molecule has 0 radical (unpaired) electrons. The van der Waals surface area contributed by atoms with E-state index in [1.54, 1.807) is 30.3 Å². The molecule has 0 fully saturated rings. The molecule has 1 amide bonds. The summed E-state index contributed by atoms with van der Waals surface area (Å²) in [5.41, 5.74) is 3.01. The average Bonchev–Trinajstić information content (AvgIpc) is 2.49. The predicted octanol–water partition coefficient (Wildman–Crippen LogP) is 3.77. The van der Waals surface area contributed by atoms with Crippen molar-refractivity contribution < 1.29 is 9.72 Å². The van der Waals surface area contributed by atoms with Gasteiger partial charge in [0.15, 0.2) is 0 Å². The second-order valence-corrected chi connectivity index (χ2v) is 5.41. The lowest BCUT2D eigenvalue weighted by atomic mass is 10.2. The highest BCUT2D eigenvalue weighted by molar-refractivity contribution is 9.10. The van der Waals surface area contributed by atoms with E-state index in [0.717, 1.165) is 0 Å². The van der Waals surface area contributed by atoms with E-state index in [2.05, 4.69) is 26.5 Å². The molecule has 2 aromatic carbocycles. The van der Waals surface area contributed by atoms with Gasteiger partial charge in [0.2, 0.25) is 0 Å². The van der Waals surface area contributed by atoms with Crippen LogP contribution in [0.3, 0.4) is 0 Å². The monoisotopic (exact) mass is 381 g/mol. The van der Waals surface area contributed by atoms with Gasteiger partial charge < -0.3 is 0 Å². The first kappa shape index (κ1) is 16.1. The van der Waals surface area contributed by atoms with Gasteiger partial charge in [0.05, 0.1) is 26.2 Å². The lowest BCUT2D eigenvalue weighted by Crippen LogP contribution is -2.17. The van der Waals surface area contributed by atoms with E-state index in [1.807, 2.05) is 0 Å². The number of halogens is 2. The summed E-state index contributed by atoms with van der Waals surface area (Å²) in [6.07, 6.45) is 1.31. The highest BCUT2D eigenvalue weighted by atomic mass is 79.9. The number of benzene rings is 2. The van der Waals surface area contributed by atoms with Gasteiger partial charge in [-0.15, -0.1) is 0 Å². The molecule has 0 saturated carbocycles. The quantitative estimate of drug-likeness (QED) is 0.496. The van der Waals surface area contributed by atoms with Crippen molar-refractivity contribution in [2.45, 2.75) is 0 Å². The number of carbonyl (C=O) groups excluding carboxylic acids is 1. The Morgan fingerprint density at radius 2 is 2.05 bits per heavy atom. The lowest BCUT2D eigenvalue weighted by Gasteiger charge is -2.01. The van der Waals surface area contributed by atoms with E-state index in [1.165, 1.54) is 18.3 Å². The van der Waals surface area contributed by atoms with Crippen LogP contribution in [0.25, 0.3) is 0 Å². The highest BCUT2D eigenvalue weighted by Gasteiger charge is 2.11. The van der Waals surface area contributed by atoms with Crippen molar-refractivity contribution in [3.05, 3.63) is 73.2 Å². The molecule has 6 nitrogen and oxygen atoms in total. The molecule has 0 atom stereocenters. The van der Waals surface area contributed by atoms with Crippen LogP contribution < -0.4 is 5.43 Å². The van der Waals surface area contributed by atoms with Gasteiger partial charge >= 0.3 is 0 Å².